The van der Waals surface area contributed by atoms with Gasteiger partial charge in [0.05, 0.1) is 25.6 Å². The van der Waals surface area contributed by atoms with Gasteiger partial charge in [0, 0.05) is 19.3 Å². The minimum atomic E-state index is 0.744. The number of methoxy groups -OCH3 is 2. The first-order valence-corrected chi connectivity index (χ1v) is 7.57. The van der Waals surface area contributed by atoms with Gasteiger partial charge < -0.3 is 19.2 Å². The van der Waals surface area contributed by atoms with Gasteiger partial charge in [0.15, 0.2) is 11.5 Å². The lowest BCUT2D eigenvalue weighted by Gasteiger charge is -2.10. The summed E-state index contributed by atoms with van der Waals surface area (Å²) in [6, 6.07) is 12.0. The second-order valence-corrected chi connectivity index (χ2v) is 5.37. The Hall–Kier alpha value is -2.53. The summed E-state index contributed by atoms with van der Waals surface area (Å²) < 4.78 is 12.7. The molecule has 0 amide bonds. The molecular formula is C18H21N3O2. The Morgan fingerprint density at radius 1 is 1.04 bits per heavy atom. The van der Waals surface area contributed by atoms with Crippen molar-refractivity contribution in [2.75, 3.05) is 14.2 Å². The Morgan fingerprint density at radius 3 is 2.65 bits per heavy atom. The van der Waals surface area contributed by atoms with Gasteiger partial charge in [-0.05, 0) is 36.8 Å². The number of hydrogen-bond acceptors (Lipinski definition) is 4. The molecule has 3 rings (SSSR count). The third-order valence-corrected chi connectivity index (χ3v) is 3.90. The zero-order valence-electron chi connectivity index (χ0n) is 13.7. The standard InChI is InChI=1S/C18H21N3O2/c1-13-15(21-9-5-4-6-18(21)20-13)12-19-11-14-7-8-16(22-2)17(10-14)23-3/h4-10,19H,11-12H2,1-3H3. The number of fused-ring (bicyclic) bond motifs is 1. The smallest absolute Gasteiger partial charge is 0.161 e. The number of imidazole rings is 1. The van der Waals surface area contributed by atoms with E-state index in [1.54, 1.807) is 14.2 Å². The molecule has 0 saturated heterocycles. The molecule has 0 aliphatic carbocycles. The molecule has 5 heteroatoms. The number of benzene rings is 1. The van der Waals surface area contributed by atoms with Crippen LogP contribution in [0.3, 0.4) is 0 Å². The van der Waals surface area contributed by atoms with Crippen molar-refractivity contribution in [1.82, 2.24) is 14.7 Å². The minimum absolute atomic E-state index is 0.744. The molecule has 0 atom stereocenters. The van der Waals surface area contributed by atoms with E-state index in [0.717, 1.165) is 41.5 Å². The Morgan fingerprint density at radius 2 is 1.87 bits per heavy atom. The Kier molecular flexibility index (Phi) is 4.48. The number of pyridine rings is 1. The van der Waals surface area contributed by atoms with Crippen LogP contribution in [0.4, 0.5) is 0 Å². The van der Waals surface area contributed by atoms with Gasteiger partial charge in [0.2, 0.25) is 0 Å². The van der Waals surface area contributed by atoms with Crippen molar-refractivity contribution in [2.24, 2.45) is 0 Å². The predicted molar refractivity (Wildman–Crippen MR) is 90.0 cm³/mol. The van der Waals surface area contributed by atoms with Crippen molar-refractivity contribution >= 4 is 5.65 Å². The van der Waals surface area contributed by atoms with Crippen molar-refractivity contribution in [1.29, 1.82) is 0 Å². The van der Waals surface area contributed by atoms with Gasteiger partial charge in [-0.25, -0.2) is 4.98 Å². The van der Waals surface area contributed by atoms with Crippen LogP contribution >= 0.6 is 0 Å². The highest BCUT2D eigenvalue weighted by molar-refractivity contribution is 5.44. The molecule has 0 radical (unpaired) electrons. The van der Waals surface area contributed by atoms with E-state index < -0.39 is 0 Å². The molecule has 1 aromatic carbocycles. The fourth-order valence-corrected chi connectivity index (χ4v) is 2.69. The van der Waals surface area contributed by atoms with Crippen molar-refractivity contribution < 1.29 is 9.47 Å². The van der Waals surface area contributed by atoms with Crippen LogP contribution in [0, 0.1) is 6.92 Å². The highest BCUT2D eigenvalue weighted by atomic mass is 16.5. The molecule has 0 spiro atoms. The van der Waals surface area contributed by atoms with Crippen LogP contribution in [0.15, 0.2) is 42.6 Å². The van der Waals surface area contributed by atoms with Gasteiger partial charge >= 0.3 is 0 Å². The van der Waals surface area contributed by atoms with Gasteiger partial charge in [-0.2, -0.15) is 0 Å². The zero-order chi connectivity index (χ0) is 16.2. The van der Waals surface area contributed by atoms with E-state index in [-0.39, 0.29) is 0 Å². The number of hydrogen-bond donors (Lipinski definition) is 1. The summed E-state index contributed by atoms with van der Waals surface area (Å²) in [4.78, 5) is 4.58. The number of rotatable bonds is 6. The Balaban J connectivity index is 1.70. The van der Waals surface area contributed by atoms with Crippen LogP contribution in [0.25, 0.3) is 5.65 Å². The normalized spacial score (nSPS) is 10.9. The summed E-state index contributed by atoms with van der Waals surface area (Å²) in [5.74, 6) is 1.49. The third-order valence-electron chi connectivity index (χ3n) is 3.90. The molecule has 0 aliphatic heterocycles. The molecule has 0 aliphatic rings. The van der Waals surface area contributed by atoms with E-state index in [4.69, 9.17) is 9.47 Å². The first-order chi connectivity index (χ1) is 11.2. The van der Waals surface area contributed by atoms with Crippen molar-refractivity contribution in [2.45, 2.75) is 20.0 Å². The summed E-state index contributed by atoms with van der Waals surface area (Å²) in [6.45, 7) is 3.55. The fourth-order valence-electron chi connectivity index (χ4n) is 2.69. The summed E-state index contributed by atoms with van der Waals surface area (Å²) >= 11 is 0. The molecule has 0 bridgehead atoms. The number of ether oxygens (including phenoxy) is 2. The first kappa shape index (κ1) is 15.4. The highest BCUT2D eigenvalue weighted by Crippen LogP contribution is 2.27. The van der Waals surface area contributed by atoms with Gasteiger partial charge in [-0.1, -0.05) is 12.1 Å². The lowest BCUT2D eigenvalue weighted by Crippen LogP contribution is -2.15. The molecule has 0 fully saturated rings. The maximum Gasteiger partial charge on any atom is 0.161 e. The van der Waals surface area contributed by atoms with Crippen molar-refractivity contribution in [3.05, 3.63) is 59.5 Å². The molecule has 2 heterocycles. The maximum absolute atomic E-state index is 5.34. The molecule has 23 heavy (non-hydrogen) atoms. The second kappa shape index (κ2) is 6.71. The van der Waals surface area contributed by atoms with E-state index in [2.05, 4.69) is 14.7 Å². The Bertz CT molecular complexity index is 811. The topological polar surface area (TPSA) is 47.8 Å². The molecule has 2 aromatic heterocycles. The van der Waals surface area contributed by atoms with Crippen LogP contribution in [0.5, 0.6) is 11.5 Å². The molecule has 1 N–H and O–H groups in total. The number of aromatic nitrogens is 2. The van der Waals surface area contributed by atoms with E-state index in [1.807, 2.05) is 49.5 Å². The molecular weight excluding hydrogens is 290 g/mol. The maximum atomic E-state index is 5.34. The third kappa shape index (κ3) is 3.14. The lowest BCUT2D eigenvalue weighted by molar-refractivity contribution is 0.354. The number of nitrogens with one attached hydrogen (secondary N) is 1. The van der Waals surface area contributed by atoms with Crippen LogP contribution in [0.1, 0.15) is 17.0 Å². The fraction of sp³-hybridized carbons (Fsp3) is 0.278. The molecule has 0 unspecified atom stereocenters. The summed E-state index contributed by atoms with van der Waals surface area (Å²) in [7, 11) is 3.29. The largest absolute Gasteiger partial charge is 0.493 e. The number of aryl methyl sites for hydroxylation is 1. The quantitative estimate of drug-likeness (QED) is 0.760. The monoisotopic (exact) mass is 311 g/mol. The zero-order valence-corrected chi connectivity index (χ0v) is 13.7. The summed E-state index contributed by atoms with van der Waals surface area (Å²) in [5.41, 5.74) is 4.36. The molecule has 3 aromatic rings. The summed E-state index contributed by atoms with van der Waals surface area (Å²) in [6.07, 6.45) is 2.04. The SMILES string of the molecule is COc1ccc(CNCc2c(C)nc3ccccn23)cc1OC. The van der Waals surface area contributed by atoms with Crippen LogP contribution in [0.2, 0.25) is 0 Å². The lowest BCUT2D eigenvalue weighted by atomic mass is 10.2. The van der Waals surface area contributed by atoms with Crippen LogP contribution in [-0.2, 0) is 13.1 Å². The van der Waals surface area contributed by atoms with Gasteiger partial charge in [0.25, 0.3) is 0 Å². The summed E-state index contributed by atoms with van der Waals surface area (Å²) in [5, 5.41) is 3.47. The van der Waals surface area contributed by atoms with E-state index in [9.17, 15) is 0 Å². The second-order valence-electron chi connectivity index (χ2n) is 5.37. The highest BCUT2D eigenvalue weighted by Gasteiger charge is 2.08. The van der Waals surface area contributed by atoms with E-state index >= 15 is 0 Å². The number of nitrogens with zero attached hydrogens (tertiary/aromatic N) is 2. The first-order valence-electron chi connectivity index (χ1n) is 7.57. The average molecular weight is 311 g/mol. The van der Waals surface area contributed by atoms with Gasteiger partial charge in [-0.15, -0.1) is 0 Å². The van der Waals surface area contributed by atoms with Crippen LogP contribution in [-0.4, -0.2) is 23.6 Å². The Labute approximate surface area is 135 Å². The molecule has 120 valence electrons. The van der Waals surface area contributed by atoms with Crippen molar-refractivity contribution in [3.8, 4) is 11.5 Å². The van der Waals surface area contributed by atoms with Crippen LogP contribution < -0.4 is 14.8 Å². The predicted octanol–water partition coefficient (Wildman–Crippen LogP) is 2.95. The van der Waals surface area contributed by atoms with Gasteiger partial charge in [0.1, 0.15) is 5.65 Å². The minimum Gasteiger partial charge on any atom is -0.493 e. The van der Waals surface area contributed by atoms with Crippen molar-refractivity contribution in [3.63, 3.8) is 0 Å². The van der Waals surface area contributed by atoms with E-state index in [0.29, 0.717) is 0 Å². The average Bonchev–Trinajstić information content (AvgIpc) is 2.90. The molecule has 0 saturated carbocycles. The van der Waals surface area contributed by atoms with E-state index in [1.165, 1.54) is 5.69 Å². The van der Waals surface area contributed by atoms with Gasteiger partial charge in [-0.3, -0.25) is 0 Å². The molecule has 5 nitrogen and oxygen atoms in total.